The van der Waals surface area contributed by atoms with Gasteiger partial charge in [-0.05, 0) is 64.0 Å². The Morgan fingerprint density at radius 1 is 0.638 bits per heavy atom. The lowest BCUT2D eigenvalue weighted by Gasteiger charge is -2.32. The fraction of sp³-hybridized carbons (Fsp3) is 0.100. The number of aryl methyl sites for hydroxylation is 2. The van der Waals surface area contributed by atoms with Crippen LogP contribution < -0.4 is 16.3 Å². The molecular weight excluding hydrogens is 582 g/mol. The van der Waals surface area contributed by atoms with Crippen molar-refractivity contribution < 1.29 is 4.42 Å². The maximum absolute atomic E-state index is 12.6. The number of amidine groups is 1. The Morgan fingerprint density at radius 2 is 1.43 bits per heavy atom. The van der Waals surface area contributed by atoms with Crippen molar-refractivity contribution in [3.63, 3.8) is 0 Å². The summed E-state index contributed by atoms with van der Waals surface area (Å²) >= 11 is 0. The van der Waals surface area contributed by atoms with Crippen LogP contribution in [0.3, 0.4) is 0 Å². The molecule has 2 atom stereocenters. The number of rotatable bonds is 4. The van der Waals surface area contributed by atoms with Crippen molar-refractivity contribution in [1.29, 1.82) is 0 Å². The predicted molar refractivity (Wildman–Crippen MR) is 190 cm³/mol. The average Bonchev–Trinajstić information content (AvgIpc) is 3.62. The van der Waals surface area contributed by atoms with Crippen molar-refractivity contribution in [2.45, 2.75) is 12.3 Å². The molecule has 8 aromatic rings. The molecule has 1 aliphatic heterocycles. The number of aromatic nitrogens is 2. The average molecular weight is 614 g/mol. The quantitative estimate of drug-likeness (QED) is 0.211. The normalized spacial score (nSPS) is 16.6. The molecule has 0 aliphatic carbocycles. The van der Waals surface area contributed by atoms with E-state index in [9.17, 15) is 4.79 Å². The Morgan fingerprint density at radius 3 is 2.32 bits per heavy atom. The molecule has 7 nitrogen and oxygen atoms in total. The molecule has 47 heavy (non-hydrogen) atoms. The van der Waals surface area contributed by atoms with Crippen LogP contribution >= 0.6 is 0 Å². The van der Waals surface area contributed by atoms with Crippen LogP contribution in [0.25, 0.3) is 54.9 Å². The van der Waals surface area contributed by atoms with Crippen LogP contribution in [0.2, 0.25) is 0 Å². The maximum atomic E-state index is 12.6. The summed E-state index contributed by atoms with van der Waals surface area (Å²) in [6, 6.07) is 44.0. The topological polar surface area (TPSA) is 76.5 Å². The van der Waals surface area contributed by atoms with E-state index in [1.807, 2.05) is 19.2 Å². The van der Waals surface area contributed by atoms with Crippen LogP contribution in [0.5, 0.6) is 0 Å². The lowest BCUT2D eigenvalue weighted by atomic mass is 10.0. The molecule has 2 N–H and O–H groups in total. The molecule has 228 valence electrons. The van der Waals surface area contributed by atoms with E-state index in [0.29, 0.717) is 0 Å². The summed E-state index contributed by atoms with van der Waals surface area (Å²) in [6.07, 6.45) is -0.460. The van der Waals surface area contributed by atoms with Gasteiger partial charge in [-0.3, -0.25) is 14.5 Å². The fourth-order valence-corrected chi connectivity index (χ4v) is 6.92. The number of fused-ring (bicyclic) bond motifs is 6. The Hall–Kier alpha value is -5.92. The van der Waals surface area contributed by atoms with Gasteiger partial charge in [0.05, 0.1) is 11.0 Å². The third kappa shape index (κ3) is 4.47. The number of imidazole rings is 1. The highest BCUT2D eigenvalue weighted by Gasteiger charge is 2.26. The molecule has 2 aromatic heterocycles. The van der Waals surface area contributed by atoms with Gasteiger partial charge in [-0.25, -0.2) is 9.79 Å². The minimum absolute atomic E-state index is 0.0351. The van der Waals surface area contributed by atoms with Gasteiger partial charge in [0.25, 0.3) is 0 Å². The van der Waals surface area contributed by atoms with Crippen LogP contribution in [0.1, 0.15) is 29.0 Å². The minimum Gasteiger partial charge on any atom is -0.455 e. The second kappa shape index (κ2) is 10.6. The molecule has 2 unspecified atom stereocenters. The van der Waals surface area contributed by atoms with E-state index in [1.54, 1.807) is 16.2 Å². The molecule has 0 saturated heterocycles. The Balaban J connectivity index is 1.15. The largest absolute Gasteiger partial charge is 0.455 e. The molecule has 0 radical (unpaired) electrons. The number of aliphatic imine (C=N–C) groups is 1. The van der Waals surface area contributed by atoms with E-state index in [0.717, 1.165) is 77.4 Å². The minimum atomic E-state index is -0.301. The van der Waals surface area contributed by atoms with Crippen LogP contribution in [-0.4, -0.2) is 15.0 Å². The van der Waals surface area contributed by atoms with Crippen LogP contribution in [0.4, 0.5) is 0 Å². The fourth-order valence-electron chi connectivity index (χ4n) is 6.92. The summed E-state index contributed by atoms with van der Waals surface area (Å²) < 4.78 is 9.77. The van der Waals surface area contributed by atoms with Crippen molar-refractivity contribution in [3.8, 4) is 11.1 Å². The zero-order valence-corrected chi connectivity index (χ0v) is 25.9. The van der Waals surface area contributed by atoms with Gasteiger partial charge >= 0.3 is 5.69 Å². The standard InChI is InChI=1S/C40H31N5O2/c1-44-33-19-16-27(23-34(33)45(2)40(44)46)26-12-8-13-28(21-26)38-41-37(25-10-4-3-5-11-25)42-39(43-38)29-17-20-35-32(22-29)31-18-15-24-9-6-7-14-30(24)36(31)47-35/h3-23,37,39,42H,1-2H3,(H,41,43). The molecule has 6 aromatic carbocycles. The first-order valence-electron chi connectivity index (χ1n) is 15.8. The molecule has 0 spiro atoms. The highest BCUT2D eigenvalue weighted by atomic mass is 16.3. The number of benzene rings is 6. The van der Waals surface area contributed by atoms with Crippen LogP contribution in [0.15, 0.2) is 142 Å². The van der Waals surface area contributed by atoms with Crippen LogP contribution in [0, 0.1) is 0 Å². The van der Waals surface area contributed by atoms with Gasteiger partial charge in [0.15, 0.2) is 0 Å². The van der Waals surface area contributed by atoms with E-state index in [4.69, 9.17) is 9.41 Å². The Bertz CT molecular complexity index is 2590. The molecule has 0 fully saturated rings. The second-order valence-corrected chi connectivity index (χ2v) is 12.2. The van der Waals surface area contributed by atoms with E-state index in [1.165, 1.54) is 0 Å². The first kappa shape index (κ1) is 27.4. The summed E-state index contributed by atoms with van der Waals surface area (Å²) in [5, 5.41) is 11.8. The Kier molecular flexibility index (Phi) is 6.16. The maximum Gasteiger partial charge on any atom is 0.328 e. The third-order valence-corrected chi connectivity index (χ3v) is 9.44. The number of nitrogens with zero attached hydrogens (tertiary/aromatic N) is 3. The highest BCUT2D eigenvalue weighted by molar-refractivity contribution is 6.15. The van der Waals surface area contributed by atoms with Gasteiger partial charge in [0.1, 0.15) is 29.3 Å². The number of furan rings is 1. The summed E-state index contributed by atoms with van der Waals surface area (Å²) in [4.78, 5) is 17.8. The van der Waals surface area contributed by atoms with E-state index in [2.05, 4.69) is 126 Å². The second-order valence-electron chi connectivity index (χ2n) is 12.2. The number of hydrogen-bond acceptors (Lipinski definition) is 5. The predicted octanol–water partition coefficient (Wildman–Crippen LogP) is 7.93. The number of hydrogen-bond donors (Lipinski definition) is 2. The zero-order valence-electron chi connectivity index (χ0n) is 25.9. The Labute approximate surface area is 270 Å². The van der Waals surface area contributed by atoms with Crippen molar-refractivity contribution >= 4 is 49.6 Å². The molecule has 9 rings (SSSR count). The van der Waals surface area contributed by atoms with Gasteiger partial charge in [-0.15, -0.1) is 0 Å². The van der Waals surface area contributed by atoms with Gasteiger partial charge in [-0.2, -0.15) is 0 Å². The monoisotopic (exact) mass is 613 g/mol. The van der Waals surface area contributed by atoms with Crippen molar-refractivity contribution in [2.24, 2.45) is 19.1 Å². The molecule has 3 heterocycles. The zero-order chi connectivity index (χ0) is 31.6. The van der Waals surface area contributed by atoms with Gasteiger partial charge in [0.2, 0.25) is 0 Å². The van der Waals surface area contributed by atoms with Crippen molar-refractivity contribution in [1.82, 2.24) is 19.8 Å². The van der Waals surface area contributed by atoms with Gasteiger partial charge < -0.3 is 9.73 Å². The first-order chi connectivity index (χ1) is 23.0. The number of nitrogens with one attached hydrogen (secondary N) is 2. The lowest BCUT2D eigenvalue weighted by Crippen LogP contribution is -2.44. The lowest BCUT2D eigenvalue weighted by molar-refractivity contribution is 0.409. The van der Waals surface area contributed by atoms with E-state index < -0.39 is 0 Å². The summed E-state index contributed by atoms with van der Waals surface area (Å²) in [5.41, 5.74) is 8.79. The SMILES string of the molecule is Cn1c(=O)n(C)c2cc(-c3cccc(C4=NC(c5ccc6oc7c8ccccc8ccc7c6c5)NC(c5ccccc5)N4)c3)ccc21. The summed E-state index contributed by atoms with van der Waals surface area (Å²) in [6.45, 7) is 0. The smallest absolute Gasteiger partial charge is 0.328 e. The van der Waals surface area contributed by atoms with E-state index in [-0.39, 0.29) is 18.0 Å². The molecule has 1 aliphatic rings. The summed E-state index contributed by atoms with van der Waals surface area (Å²) in [7, 11) is 3.62. The third-order valence-electron chi connectivity index (χ3n) is 9.44. The highest BCUT2D eigenvalue weighted by Crippen LogP contribution is 2.36. The molecule has 0 amide bonds. The molecule has 0 bridgehead atoms. The molecule has 0 saturated carbocycles. The first-order valence-corrected chi connectivity index (χ1v) is 15.8. The molecular formula is C40H31N5O2. The van der Waals surface area contributed by atoms with Crippen molar-refractivity contribution in [3.05, 3.63) is 155 Å². The van der Waals surface area contributed by atoms with Crippen LogP contribution in [-0.2, 0) is 14.1 Å². The molecule has 7 heteroatoms. The summed E-state index contributed by atoms with van der Waals surface area (Å²) in [5.74, 6) is 0.806. The van der Waals surface area contributed by atoms with Gasteiger partial charge in [-0.1, -0.05) is 91.0 Å². The van der Waals surface area contributed by atoms with E-state index >= 15 is 0 Å². The van der Waals surface area contributed by atoms with Crippen molar-refractivity contribution in [2.75, 3.05) is 0 Å². The van der Waals surface area contributed by atoms with Gasteiger partial charge in [0, 0.05) is 35.8 Å².